The minimum absolute atomic E-state index is 1.17. The van der Waals surface area contributed by atoms with E-state index in [0.29, 0.717) is 0 Å². The van der Waals surface area contributed by atoms with Gasteiger partial charge in [0.25, 0.3) is 5.82 Å². The number of hydrogen-bond donors (Lipinski definition) is 0. The van der Waals surface area contributed by atoms with Gasteiger partial charge in [0.1, 0.15) is 18.1 Å². The highest BCUT2D eigenvalue weighted by atomic mass is 15.1. The largest absolute Gasteiger partial charge is 0.261 e. The molecular weight excluding hydrogens is 460 g/mol. The molecule has 0 radical (unpaired) electrons. The molecular formula is C36H63N2+. The fourth-order valence-corrected chi connectivity index (χ4v) is 5.82. The smallest absolute Gasteiger partial charge is 0.234 e. The molecule has 0 saturated heterocycles. The number of unbranched alkanes of at least 4 members (excludes halogenated alkanes) is 21. The molecule has 216 valence electrons. The fourth-order valence-electron chi connectivity index (χ4n) is 5.82. The Hall–Kier alpha value is -1.57. The van der Waals surface area contributed by atoms with Crippen LogP contribution >= 0.6 is 0 Å². The van der Waals surface area contributed by atoms with Gasteiger partial charge < -0.3 is 0 Å². The molecule has 0 aliphatic carbocycles. The fraction of sp³-hybridized carbons (Fsp3) is 0.750. The summed E-state index contributed by atoms with van der Waals surface area (Å²) in [5.41, 5.74) is 1.30. The minimum atomic E-state index is 1.17. The Morgan fingerprint density at radius 3 is 1.39 bits per heavy atom. The first kappa shape index (κ1) is 32.6. The lowest BCUT2D eigenvalue weighted by Gasteiger charge is -2.07. The molecule has 0 aliphatic rings. The summed E-state index contributed by atoms with van der Waals surface area (Å²) in [6.07, 6.45) is 38.3. The number of aryl methyl sites for hydroxylation is 1. The summed E-state index contributed by atoms with van der Waals surface area (Å²) in [4.78, 5) is 0. The van der Waals surface area contributed by atoms with Crippen molar-refractivity contribution in [2.45, 2.75) is 174 Å². The lowest BCUT2D eigenvalue weighted by atomic mass is 10.0. The predicted octanol–water partition coefficient (Wildman–Crippen LogP) is 11.3. The van der Waals surface area contributed by atoms with Crippen molar-refractivity contribution in [3.63, 3.8) is 0 Å². The molecule has 2 nitrogen and oxygen atoms in total. The van der Waals surface area contributed by atoms with E-state index in [1.165, 1.54) is 172 Å². The normalized spacial score (nSPS) is 11.4. The van der Waals surface area contributed by atoms with Crippen LogP contribution in [0, 0.1) is 0 Å². The van der Waals surface area contributed by atoms with Crippen molar-refractivity contribution >= 4 is 0 Å². The van der Waals surface area contributed by atoms with Gasteiger partial charge in [-0.25, -0.2) is 4.57 Å². The second kappa shape index (κ2) is 23.3. The van der Waals surface area contributed by atoms with Gasteiger partial charge >= 0.3 is 0 Å². The van der Waals surface area contributed by atoms with Crippen molar-refractivity contribution in [1.29, 1.82) is 0 Å². The third-order valence-corrected chi connectivity index (χ3v) is 8.30. The van der Waals surface area contributed by atoms with E-state index in [1.807, 2.05) is 0 Å². The molecule has 38 heavy (non-hydrogen) atoms. The van der Waals surface area contributed by atoms with Crippen molar-refractivity contribution in [3.8, 4) is 5.69 Å². The molecule has 2 heteroatoms. The molecule has 0 atom stereocenters. The number of hydrogen-bond acceptors (Lipinski definition) is 0. The lowest BCUT2D eigenvalue weighted by Crippen LogP contribution is -2.37. The van der Waals surface area contributed by atoms with Crippen LogP contribution in [0.4, 0.5) is 0 Å². The molecule has 0 bridgehead atoms. The summed E-state index contributed by atoms with van der Waals surface area (Å²) in [5.74, 6) is 1.49. The Kier molecular flexibility index (Phi) is 20.0. The molecule has 0 fully saturated rings. The number of para-hydroxylation sites is 1. The van der Waals surface area contributed by atoms with E-state index in [1.54, 1.807) is 0 Å². The zero-order valence-electron chi connectivity index (χ0n) is 25.6. The van der Waals surface area contributed by atoms with Crippen molar-refractivity contribution in [1.82, 2.24) is 4.57 Å². The monoisotopic (exact) mass is 523 g/mol. The van der Waals surface area contributed by atoms with Gasteiger partial charge in [0.05, 0.1) is 6.54 Å². The maximum atomic E-state index is 2.55. The molecule has 2 rings (SSSR count). The number of benzene rings is 1. The Balaban J connectivity index is 1.60. The van der Waals surface area contributed by atoms with Gasteiger partial charge in [-0.3, -0.25) is 0 Å². The summed E-state index contributed by atoms with van der Waals surface area (Å²) in [6.45, 7) is 5.78. The van der Waals surface area contributed by atoms with Gasteiger partial charge in [0, 0.05) is 6.42 Å². The third-order valence-electron chi connectivity index (χ3n) is 8.30. The highest BCUT2D eigenvalue weighted by Gasteiger charge is 2.18. The SMILES string of the molecule is CCCCCCCCCCCCCCCCC[n+]1ccn(-c2ccccc2)c1CCCCCCCCCC. The second-order valence-corrected chi connectivity index (χ2v) is 11.8. The first-order valence-corrected chi connectivity index (χ1v) is 17.0. The van der Waals surface area contributed by atoms with E-state index < -0.39 is 0 Å². The van der Waals surface area contributed by atoms with E-state index in [-0.39, 0.29) is 0 Å². The minimum Gasteiger partial charge on any atom is -0.234 e. The molecule has 1 aromatic heterocycles. The standard InChI is InChI=1S/C36H63N2/c1-3-5-7-9-11-13-14-15-16-17-18-19-21-23-28-32-37-33-34-38(35-29-25-24-26-30-35)36(37)31-27-22-20-12-10-8-6-4-2/h24-26,29-30,33-34H,3-23,27-28,31-32H2,1-2H3/q+1. The lowest BCUT2D eigenvalue weighted by molar-refractivity contribution is -0.704. The van der Waals surface area contributed by atoms with Crippen molar-refractivity contribution in [2.75, 3.05) is 0 Å². The average Bonchev–Trinajstić information content (AvgIpc) is 3.35. The Morgan fingerprint density at radius 1 is 0.500 bits per heavy atom. The summed E-state index contributed by atoms with van der Waals surface area (Å²) in [5, 5.41) is 0. The van der Waals surface area contributed by atoms with Crippen LogP contribution in [0.25, 0.3) is 5.69 Å². The molecule has 0 saturated carbocycles. The molecule has 1 heterocycles. The average molecular weight is 524 g/mol. The quantitative estimate of drug-likeness (QED) is 0.0856. The van der Waals surface area contributed by atoms with E-state index in [0.717, 1.165) is 0 Å². The number of nitrogens with zero attached hydrogens (tertiary/aromatic N) is 2. The van der Waals surface area contributed by atoms with E-state index in [4.69, 9.17) is 0 Å². The van der Waals surface area contributed by atoms with E-state index in [9.17, 15) is 0 Å². The van der Waals surface area contributed by atoms with E-state index >= 15 is 0 Å². The molecule has 2 aromatic rings. The van der Waals surface area contributed by atoms with Crippen molar-refractivity contribution < 1.29 is 4.57 Å². The summed E-state index contributed by atoms with van der Waals surface area (Å²) >= 11 is 0. The van der Waals surface area contributed by atoms with Crippen LogP contribution in [0.1, 0.15) is 167 Å². The maximum Gasteiger partial charge on any atom is 0.261 e. The highest BCUT2D eigenvalue weighted by Crippen LogP contribution is 2.16. The van der Waals surface area contributed by atoms with Gasteiger partial charge in [0.2, 0.25) is 0 Å². The number of rotatable bonds is 26. The summed E-state index contributed by atoms with van der Waals surface area (Å²) in [6, 6.07) is 10.9. The maximum absolute atomic E-state index is 2.55. The van der Waals surface area contributed by atoms with Gasteiger partial charge in [0.15, 0.2) is 0 Å². The van der Waals surface area contributed by atoms with Gasteiger partial charge in [-0.1, -0.05) is 160 Å². The first-order chi connectivity index (χ1) is 18.9. The van der Waals surface area contributed by atoms with Crippen LogP contribution in [0.5, 0.6) is 0 Å². The van der Waals surface area contributed by atoms with E-state index in [2.05, 4.69) is 65.7 Å². The summed E-state index contributed by atoms with van der Waals surface area (Å²) in [7, 11) is 0. The van der Waals surface area contributed by atoms with Crippen molar-refractivity contribution in [3.05, 3.63) is 48.5 Å². The van der Waals surface area contributed by atoms with Gasteiger partial charge in [-0.2, -0.15) is 4.57 Å². The highest BCUT2D eigenvalue weighted by molar-refractivity contribution is 5.31. The number of aromatic nitrogens is 2. The Morgan fingerprint density at radius 2 is 0.921 bits per heavy atom. The molecule has 0 aliphatic heterocycles. The van der Waals surface area contributed by atoms with Crippen LogP contribution < -0.4 is 4.57 Å². The predicted molar refractivity (Wildman–Crippen MR) is 167 cm³/mol. The van der Waals surface area contributed by atoms with Crippen LogP contribution in [0.2, 0.25) is 0 Å². The van der Waals surface area contributed by atoms with Crippen LogP contribution in [0.15, 0.2) is 42.7 Å². The molecule has 1 aromatic carbocycles. The molecule has 0 spiro atoms. The Labute approximate surface area is 237 Å². The molecule has 0 amide bonds. The van der Waals surface area contributed by atoms with Gasteiger partial charge in [-0.05, 0) is 31.4 Å². The Bertz CT molecular complexity index is 763. The zero-order valence-corrected chi connectivity index (χ0v) is 25.6. The third kappa shape index (κ3) is 15.1. The number of imidazole rings is 1. The van der Waals surface area contributed by atoms with Crippen LogP contribution in [-0.2, 0) is 13.0 Å². The summed E-state index contributed by atoms with van der Waals surface area (Å²) < 4.78 is 4.99. The molecule has 0 N–H and O–H groups in total. The topological polar surface area (TPSA) is 8.81 Å². The molecule has 0 unspecified atom stereocenters. The second-order valence-electron chi connectivity index (χ2n) is 11.8. The van der Waals surface area contributed by atoms with Crippen LogP contribution in [-0.4, -0.2) is 4.57 Å². The van der Waals surface area contributed by atoms with Crippen molar-refractivity contribution in [2.24, 2.45) is 0 Å². The zero-order chi connectivity index (χ0) is 26.9. The first-order valence-electron chi connectivity index (χ1n) is 17.0. The van der Waals surface area contributed by atoms with Gasteiger partial charge in [-0.15, -0.1) is 0 Å². The van der Waals surface area contributed by atoms with Crippen LogP contribution in [0.3, 0.4) is 0 Å².